The fourth-order valence-electron chi connectivity index (χ4n) is 2.58. The number of pyridine rings is 1. The minimum Gasteiger partial charge on any atom is -0.497 e. The summed E-state index contributed by atoms with van der Waals surface area (Å²) in [5.74, 6) is 0.259. The minimum absolute atomic E-state index is 0.243. The van der Waals surface area contributed by atoms with Gasteiger partial charge in [-0.1, -0.05) is 6.07 Å². The highest BCUT2D eigenvalue weighted by Crippen LogP contribution is 2.37. The normalized spacial score (nSPS) is 10.6. The van der Waals surface area contributed by atoms with Gasteiger partial charge in [-0.05, 0) is 30.3 Å². The molecule has 2 aromatic heterocycles. The summed E-state index contributed by atoms with van der Waals surface area (Å²) in [4.78, 5) is 11.7. The van der Waals surface area contributed by atoms with Crippen molar-refractivity contribution in [2.24, 2.45) is 0 Å². The van der Waals surface area contributed by atoms with Crippen LogP contribution in [0.25, 0.3) is 16.6 Å². The Morgan fingerprint density at radius 3 is 2.59 bits per heavy atom. The first kappa shape index (κ1) is 14.0. The van der Waals surface area contributed by atoms with E-state index in [1.807, 2.05) is 18.3 Å². The Hall–Kier alpha value is -2.95. The molecule has 5 nitrogen and oxygen atoms in total. The summed E-state index contributed by atoms with van der Waals surface area (Å²) in [6.45, 7) is 0. The molecule has 0 atom stereocenters. The van der Waals surface area contributed by atoms with E-state index in [2.05, 4.69) is 0 Å². The van der Waals surface area contributed by atoms with Crippen molar-refractivity contribution >= 4 is 11.5 Å². The van der Waals surface area contributed by atoms with Crippen LogP contribution >= 0.6 is 0 Å². The average molecular weight is 297 g/mol. The van der Waals surface area contributed by atoms with Crippen molar-refractivity contribution in [2.45, 2.75) is 0 Å². The highest BCUT2D eigenvalue weighted by Gasteiger charge is 2.21. The first-order chi connectivity index (χ1) is 10.7. The molecule has 2 heterocycles. The predicted molar refractivity (Wildman–Crippen MR) is 82.9 cm³/mol. The Labute approximate surface area is 127 Å². The van der Waals surface area contributed by atoms with Gasteiger partial charge in [0, 0.05) is 23.5 Å². The first-order valence-corrected chi connectivity index (χ1v) is 6.71. The maximum Gasteiger partial charge on any atom is 0.338 e. The van der Waals surface area contributed by atoms with Crippen LogP contribution in [-0.2, 0) is 0 Å². The van der Waals surface area contributed by atoms with Crippen molar-refractivity contribution in [2.75, 3.05) is 14.2 Å². The molecule has 0 aliphatic rings. The fraction of sp³-hybridized carbons (Fsp3) is 0.118. The lowest BCUT2D eigenvalue weighted by Crippen LogP contribution is -1.99. The molecule has 0 bridgehead atoms. The Morgan fingerprint density at radius 1 is 1.09 bits per heavy atom. The van der Waals surface area contributed by atoms with Crippen LogP contribution in [0.1, 0.15) is 10.4 Å². The Balaban J connectivity index is 2.34. The van der Waals surface area contributed by atoms with Crippen LogP contribution in [-0.4, -0.2) is 29.7 Å². The van der Waals surface area contributed by atoms with Crippen LogP contribution in [0.3, 0.4) is 0 Å². The highest BCUT2D eigenvalue weighted by atomic mass is 16.5. The van der Waals surface area contributed by atoms with Crippen LogP contribution in [0, 0.1) is 0 Å². The van der Waals surface area contributed by atoms with E-state index in [4.69, 9.17) is 9.47 Å². The Bertz CT molecular complexity index is 851. The first-order valence-electron chi connectivity index (χ1n) is 6.71. The largest absolute Gasteiger partial charge is 0.497 e. The van der Waals surface area contributed by atoms with E-state index < -0.39 is 5.97 Å². The maximum atomic E-state index is 11.7. The minimum atomic E-state index is -0.978. The number of aromatic nitrogens is 1. The van der Waals surface area contributed by atoms with Gasteiger partial charge >= 0.3 is 5.97 Å². The van der Waals surface area contributed by atoms with Gasteiger partial charge in [0.25, 0.3) is 0 Å². The zero-order valence-electron chi connectivity index (χ0n) is 12.2. The molecule has 0 radical (unpaired) electrons. The van der Waals surface area contributed by atoms with Gasteiger partial charge in [0.1, 0.15) is 11.5 Å². The van der Waals surface area contributed by atoms with Crippen LogP contribution in [0.15, 0.2) is 48.8 Å². The molecule has 22 heavy (non-hydrogen) atoms. The van der Waals surface area contributed by atoms with Gasteiger partial charge in [0.05, 0.1) is 25.3 Å². The fourth-order valence-corrected chi connectivity index (χ4v) is 2.58. The molecular weight excluding hydrogens is 282 g/mol. The van der Waals surface area contributed by atoms with Crippen molar-refractivity contribution in [1.82, 2.24) is 4.40 Å². The van der Waals surface area contributed by atoms with Crippen molar-refractivity contribution < 1.29 is 19.4 Å². The number of benzene rings is 1. The van der Waals surface area contributed by atoms with E-state index in [9.17, 15) is 9.90 Å². The van der Waals surface area contributed by atoms with Crippen LogP contribution in [0.2, 0.25) is 0 Å². The van der Waals surface area contributed by atoms with Crippen molar-refractivity contribution in [3.8, 4) is 22.6 Å². The van der Waals surface area contributed by atoms with E-state index in [1.165, 1.54) is 0 Å². The number of carboxylic acids is 1. The second kappa shape index (κ2) is 5.44. The number of aromatic carboxylic acids is 1. The van der Waals surface area contributed by atoms with E-state index in [-0.39, 0.29) is 5.56 Å². The topological polar surface area (TPSA) is 60.2 Å². The summed E-state index contributed by atoms with van der Waals surface area (Å²) in [6.07, 6.45) is 3.61. The van der Waals surface area contributed by atoms with Crippen molar-refractivity contribution in [1.29, 1.82) is 0 Å². The van der Waals surface area contributed by atoms with E-state index in [0.717, 1.165) is 0 Å². The van der Waals surface area contributed by atoms with Crippen LogP contribution in [0.5, 0.6) is 11.5 Å². The lowest BCUT2D eigenvalue weighted by atomic mass is 10.0. The third kappa shape index (κ3) is 2.16. The molecule has 112 valence electrons. The zero-order chi connectivity index (χ0) is 15.7. The van der Waals surface area contributed by atoms with Gasteiger partial charge in [0.15, 0.2) is 0 Å². The molecule has 0 spiro atoms. The number of rotatable bonds is 4. The lowest BCUT2D eigenvalue weighted by Gasteiger charge is -2.10. The molecular formula is C17H15NO4. The number of ether oxygens (including phenoxy) is 2. The van der Waals surface area contributed by atoms with Gasteiger partial charge in [-0.3, -0.25) is 0 Å². The highest BCUT2D eigenvalue weighted by molar-refractivity contribution is 6.04. The van der Waals surface area contributed by atoms with Crippen LogP contribution < -0.4 is 9.47 Å². The SMILES string of the molecule is COc1ccc(OC)c(-c2cn3ccccc3c2C(=O)O)c1. The van der Waals surface area contributed by atoms with Gasteiger partial charge in [-0.25, -0.2) is 4.79 Å². The van der Waals surface area contributed by atoms with Gasteiger partial charge < -0.3 is 19.0 Å². The van der Waals surface area contributed by atoms with Gasteiger partial charge in [0.2, 0.25) is 0 Å². The van der Waals surface area contributed by atoms with Crippen molar-refractivity contribution in [3.63, 3.8) is 0 Å². The number of carboxylic acid groups (broad SMARTS) is 1. The van der Waals surface area contributed by atoms with Gasteiger partial charge in [-0.15, -0.1) is 0 Å². The summed E-state index contributed by atoms with van der Waals surface area (Å²) in [6, 6.07) is 10.8. The second-order valence-electron chi connectivity index (χ2n) is 4.78. The van der Waals surface area contributed by atoms with E-state index >= 15 is 0 Å². The third-order valence-electron chi connectivity index (χ3n) is 3.59. The van der Waals surface area contributed by atoms with Gasteiger partial charge in [-0.2, -0.15) is 0 Å². The molecule has 1 N–H and O–H groups in total. The standard InChI is InChI=1S/C17H15NO4/c1-21-11-6-7-15(22-2)12(9-11)13-10-18-8-4-3-5-14(18)16(13)17(19)20/h3-10H,1-2H3,(H,19,20). The predicted octanol–water partition coefficient (Wildman–Crippen LogP) is 3.32. The summed E-state index contributed by atoms with van der Waals surface area (Å²) < 4.78 is 12.4. The third-order valence-corrected chi connectivity index (χ3v) is 3.59. The van der Waals surface area contributed by atoms with E-state index in [0.29, 0.717) is 28.1 Å². The maximum absolute atomic E-state index is 11.7. The number of carbonyl (C=O) groups is 1. The summed E-state index contributed by atoms with van der Waals surface area (Å²) in [5, 5.41) is 9.62. The summed E-state index contributed by atoms with van der Waals surface area (Å²) in [5.41, 5.74) is 2.15. The molecule has 0 unspecified atom stereocenters. The summed E-state index contributed by atoms with van der Waals surface area (Å²) >= 11 is 0. The molecule has 0 amide bonds. The second-order valence-corrected chi connectivity index (χ2v) is 4.78. The molecule has 3 rings (SSSR count). The monoisotopic (exact) mass is 297 g/mol. The number of hydrogen-bond acceptors (Lipinski definition) is 3. The average Bonchev–Trinajstić information content (AvgIpc) is 2.93. The number of hydrogen-bond donors (Lipinski definition) is 1. The smallest absolute Gasteiger partial charge is 0.338 e. The molecule has 0 aliphatic heterocycles. The summed E-state index contributed by atoms with van der Waals surface area (Å²) in [7, 11) is 3.13. The lowest BCUT2D eigenvalue weighted by molar-refractivity contribution is 0.0700. The molecule has 0 fully saturated rings. The number of methoxy groups -OCH3 is 2. The molecule has 0 aliphatic carbocycles. The number of nitrogens with zero attached hydrogens (tertiary/aromatic N) is 1. The van der Waals surface area contributed by atoms with Crippen molar-refractivity contribution in [3.05, 3.63) is 54.4 Å². The van der Waals surface area contributed by atoms with E-state index in [1.54, 1.807) is 49.1 Å². The van der Waals surface area contributed by atoms with Crippen LogP contribution in [0.4, 0.5) is 0 Å². The Kier molecular flexibility index (Phi) is 3.47. The molecule has 0 saturated carbocycles. The molecule has 0 saturated heterocycles. The number of fused-ring (bicyclic) bond motifs is 1. The molecule has 1 aromatic carbocycles. The molecule has 3 aromatic rings. The quantitative estimate of drug-likeness (QED) is 0.802. The Morgan fingerprint density at radius 2 is 1.91 bits per heavy atom. The molecule has 5 heteroatoms. The zero-order valence-corrected chi connectivity index (χ0v) is 12.2.